The highest BCUT2D eigenvalue weighted by Crippen LogP contribution is 2.27. The summed E-state index contributed by atoms with van der Waals surface area (Å²) in [4.78, 5) is 10.1. The van der Waals surface area contributed by atoms with Crippen LogP contribution in [0, 0.1) is 17.0 Å². The highest BCUT2D eigenvalue weighted by atomic mass is 32.2. The number of aryl methyl sites for hydroxylation is 1. The van der Waals surface area contributed by atoms with E-state index in [1.54, 1.807) is 0 Å². The molecular formula is C14H18N4O4S. The van der Waals surface area contributed by atoms with E-state index in [1.807, 2.05) is 19.9 Å². The van der Waals surface area contributed by atoms with Gasteiger partial charge in [0.05, 0.1) is 21.2 Å². The Bertz CT molecular complexity index is 829. The fourth-order valence-electron chi connectivity index (χ4n) is 2.26. The lowest BCUT2D eigenvalue weighted by atomic mass is 10.1. The Labute approximate surface area is 134 Å². The summed E-state index contributed by atoms with van der Waals surface area (Å²) in [5, 5.41) is 20.9. The largest absolute Gasteiger partial charge is 0.381 e. The second kappa shape index (κ2) is 6.37. The fourth-order valence-corrected chi connectivity index (χ4v) is 3.12. The van der Waals surface area contributed by atoms with E-state index in [2.05, 4.69) is 15.5 Å². The molecule has 0 spiro atoms. The molecule has 0 bridgehead atoms. The highest BCUT2D eigenvalue weighted by Gasteiger charge is 2.19. The first-order valence-electron chi connectivity index (χ1n) is 6.92. The summed E-state index contributed by atoms with van der Waals surface area (Å²) >= 11 is 0. The van der Waals surface area contributed by atoms with Crippen LogP contribution in [0.15, 0.2) is 29.2 Å². The summed E-state index contributed by atoms with van der Waals surface area (Å²) in [6, 6.07) is 5.58. The summed E-state index contributed by atoms with van der Waals surface area (Å²) in [7, 11) is -3.59. The number of sulfone groups is 1. The van der Waals surface area contributed by atoms with Crippen LogP contribution in [0.5, 0.6) is 0 Å². The van der Waals surface area contributed by atoms with Crippen molar-refractivity contribution >= 4 is 21.2 Å². The molecule has 0 fully saturated rings. The number of hydrogen-bond donors (Lipinski definition) is 2. The van der Waals surface area contributed by atoms with Crippen molar-refractivity contribution in [1.82, 2.24) is 10.2 Å². The smallest absolute Gasteiger partial charge is 0.270 e. The molecule has 1 aromatic carbocycles. The number of nitro benzene ring substituents is 1. The first kappa shape index (κ1) is 16.9. The van der Waals surface area contributed by atoms with Crippen LogP contribution in [-0.4, -0.2) is 35.8 Å². The van der Waals surface area contributed by atoms with Gasteiger partial charge in [-0.25, -0.2) is 8.42 Å². The van der Waals surface area contributed by atoms with Gasteiger partial charge in [-0.3, -0.25) is 15.2 Å². The van der Waals surface area contributed by atoms with Crippen molar-refractivity contribution in [2.45, 2.75) is 31.2 Å². The van der Waals surface area contributed by atoms with Gasteiger partial charge in [-0.15, -0.1) is 0 Å². The summed E-state index contributed by atoms with van der Waals surface area (Å²) in [5.74, 6) is 0. The van der Waals surface area contributed by atoms with Crippen molar-refractivity contribution in [2.24, 2.45) is 0 Å². The Kier molecular flexibility index (Phi) is 4.69. The van der Waals surface area contributed by atoms with Gasteiger partial charge < -0.3 is 5.32 Å². The molecule has 0 aliphatic carbocycles. The van der Waals surface area contributed by atoms with Crippen LogP contribution in [0.25, 0.3) is 0 Å². The Morgan fingerprint density at radius 3 is 2.61 bits per heavy atom. The third-order valence-electron chi connectivity index (χ3n) is 3.25. The van der Waals surface area contributed by atoms with Crippen LogP contribution < -0.4 is 5.32 Å². The number of rotatable bonds is 6. The third-order valence-corrected chi connectivity index (χ3v) is 4.39. The molecule has 9 heteroatoms. The molecule has 23 heavy (non-hydrogen) atoms. The maximum absolute atomic E-state index is 11.9. The van der Waals surface area contributed by atoms with Gasteiger partial charge in [0, 0.05) is 36.5 Å². The molecule has 0 radical (unpaired) electrons. The predicted molar refractivity (Wildman–Crippen MR) is 86.3 cm³/mol. The van der Waals surface area contributed by atoms with Crippen molar-refractivity contribution in [3.63, 3.8) is 0 Å². The summed E-state index contributed by atoms with van der Waals surface area (Å²) in [6.07, 6.45) is 1.61. The van der Waals surface area contributed by atoms with E-state index < -0.39 is 14.8 Å². The zero-order valence-electron chi connectivity index (χ0n) is 13.0. The molecule has 2 aromatic rings. The van der Waals surface area contributed by atoms with Gasteiger partial charge in [0.1, 0.15) is 0 Å². The van der Waals surface area contributed by atoms with Crippen LogP contribution in [-0.2, 0) is 16.3 Å². The van der Waals surface area contributed by atoms with E-state index in [0.717, 1.165) is 23.7 Å². The molecule has 0 amide bonds. The Balaban J connectivity index is 2.26. The quantitative estimate of drug-likeness (QED) is 0.615. The minimum atomic E-state index is -3.59. The van der Waals surface area contributed by atoms with Gasteiger partial charge in [0.15, 0.2) is 9.84 Å². The van der Waals surface area contributed by atoms with Gasteiger partial charge >= 0.3 is 0 Å². The van der Waals surface area contributed by atoms with E-state index in [1.165, 1.54) is 12.1 Å². The Morgan fingerprint density at radius 2 is 2.09 bits per heavy atom. The standard InChI is InChI=1S/C14H18N4O4S/c1-9(6-11-7-10(2)16-17-11)15-13-5-4-12(18(19)20)8-14(13)23(3,21)22/h4-5,7-9,15H,6H2,1-3H3,(H,16,17)/t9-/m0/s1. The number of non-ortho nitro benzene ring substituents is 1. The molecular weight excluding hydrogens is 320 g/mol. The molecule has 0 unspecified atom stereocenters. The topological polar surface area (TPSA) is 118 Å². The number of H-pyrrole nitrogens is 1. The number of anilines is 1. The van der Waals surface area contributed by atoms with Crippen molar-refractivity contribution in [2.75, 3.05) is 11.6 Å². The number of aromatic amines is 1. The van der Waals surface area contributed by atoms with E-state index in [-0.39, 0.29) is 16.6 Å². The average molecular weight is 338 g/mol. The number of aromatic nitrogens is 2. The van der Waals surface area contributed by atoms with E-state index in [0.29, 0.717) is 12.1 Å². The summed E-state index contributed by atoms with van der Waals surface area (Å²) < 4.78 is 23.8. The summed E-state index contributed by atoms with van der Waals surface area (Å²) in [6.45, 7) is 3.78. The van der Waals surface area contributed by atoms with E-state index in [9.17, 15) is 18.5 Å². The van der Waals surface area contributed by atoms with E-state index in [4.69, 9.17) is 0 Å². The van der Waals surface area contributed by atoms with Crippen LogP contribution >= 0.6 is 0 Å². The molecule has 2 N–H and O–H groups in total. The SMILES string of the molecule is Cc1cc(C[C@H](C)Nc2ccc([N+](=O)[O-])cc2S(C)(=O)=O)n[nH]1. The lowest BCUT2D eigenvalue weighted by Gasteiger charge is -2.16. The van der Waals surface area contributed by atoms with Gasteiger partial charge in [-0.05, 0) is 26.0 Å². The Morgan fingerprint density at radius 1 is 1.39 bits per heavy atom. The Hall–Kier alpha value is -2.42. The first-order chi connectivity index (χ1) is 10.7. The zero-order valence-corrected chi connectivity index (χ0v) is 13.8. The average Bonchev–Trinajstić information content (AvgIpc) is 2.82. The number of benzene rings is 1. The zero-order chi connectivity index (χ0) is 17.2. The minimum absolute atomic E-state index is 0.0863. The van der Waals surface area contributed by atoms with Crippen LogP contribution in [0.3, 0.4) is 0 Å². The first-order valence-corrected chi connectivity index (χ1v) is 8.82. The van der Waals surface area contributed by atoms with Crippen molar-refractivity contribution < 1.29 is 13.3 Å². The molecule has 0 aliphatic rings. The third kappa shape index (κ3) is 4.28. The second-order valence-corrected chi connectivity index (χ2v) is 7.49. The van der Waals surface area contributed by atoms with E-state index >= 15 is 0 Å². The van der Waals surface area contributed by atoms with Gasteiger partial charge in [-0.2, -0.15) is 5.10 Å². The van der Waals surface area contributed by atoms with Crippen molar-refractivity contribution in [1.29, 1.82) is 0 Å². The molecule has 2 rings (SSSR count). The fraction of sp³-hybridized carbons (Fsp3) is 0.357. The lowest BCUT2D eigenvalue weighted by Crippen LogP contribution is -2.20. The maximum atomic E-state index is 11.9. The minimum Gasteiger partial charge on any atom is -0.381 e. The monoisotopic (exact) mass is 338 g/mol. The maximum Gasteiger partial charge on any atom is 0.270 e. The van der Waals surface area contributed by atoms with Crippen LogP contribution in [0.2, 0.25) is 0 Å². The molecule has 124 valence electrons. The molecule has 1 heterocycles. The van der Waals surface area contributed by atoms with Crippen molar-refractivity contribution in [3.8, 4) is 0 Å². The molecule has 1 atom stereocenters. The van der Waals surface area contributed by atoms with Crippen LogP contribution in [0.1, 0.15) is 18.3 Å². The molecule has 0 aliphatic heterocycles. The van der Waals surface area contributed by atoms with Gasteiger partial charge in [-0.1, -0.05) is 0 Å². The molecule has 0 saturated carbocycles. The molecule has 0 saturated heterocycles. The van der Waals surface area contributed by atoms with Gasteiger partial charge in [0.25, 0.3) is 5.69 Å². The predicted octanol–water partition coefficient (Wildman–Crippen LogP) is 2.07. The van der Waals surface area contributed by atoms with Crippen molar-refractivity contribution in [3.05, 3.63) is 45.8 Å². The van der Waals surface area contributed by atoms with Gasteiger partial charge in [0.2, 0.25) is 0 Å². The number of nitrogens with zero attached hydrogens (tertiary/aromatic N) is 2. The number of nitrogens with one attached hydrogen (secondary N) is 2. The molecule has 8 nitrogen and oxygen atoms in total. The second-order valence-electron chi connectivity index (χ2n) is 5.50. The highest BCUT2D eigenvalue weighted by molar-refractivity contribution is 7.90. The van der Waals surface area contributed by atoms with Crippen LogP contribution in [0.4, 0.5) is 11.4 Å². The lowest BCUT2D eigenvalue weighted by molar-refractivity contribution is -0.385. The number of hydrogen-bond acceptors (Lipinski definition) is 6. The normalized spacial score (nSPS) is 12.8. The number of nitro groups is 1. The molecule has 1 aromatic heterocycles. The summed E-state index contributed by atoms with van der Waals surface area (Å²) in [5.41, 5.74) is 1.88.